The lowest BCUT2D eigenvalue weighted by atomic mass is 9.90. The lowest BCUT2D eigenvalue weighted by Crippen LogP contribution is -2.35. The van der Waals surface area contributed by atoms with Gasteiger partial charge < -0.3 is 15.0 Å². The Kier molecular flexibility index (Phi) is 6.99. The summed E-state index contributed by atoms with van der Waals surface area (Å²) in [6.45, 7) is 2.65. The molecule has 2 fully saturated rings. The Labute approximate surface area is 229 Å². The Hall–Kier alpha value is -3.49. The number of ketones is 1. The Morgan fingerprint density at radius 3 is 2.49 bits per heavy atom. The molecule has 39 heavy (non-hydrogen) atoms. The first-order chi connectivity index (χ1) is 18.9. The number of hydrogen-bond acceptors (Lipinski definition) is 6. The monoisotopic (exact) mass is 544 g/mol. The van der Waals surface area contributed by atoms with Gasteiger partial charge in [-0.1, -0.05) is 36.4 Å². The summed E-state index contributed by atoms with van der Waals surface area (Å²) < 4.78 is 33.1. The zero-order chi connectivity index (χ0) is 27.0. The van der Waals surface area contributed by atoms with E-state index in [1.165, 1.54) is 23.8 Å². The number of sulfone groups is 1. The van der Waals surface area contributed by atoms with E-state index >= 15 is 0 Å². The van der Waals surface area contributed by atoms with Crippen LogP contribution in [-0.4, -0.2) is 52.5 Å². The maximum atomic E-state index is 13.8. The summed E-state index contributed by atoms with van der Waals surface area (Å²) in [6, 6.07) is 20.0. The molecular formula is C31H32N2O5S. The van der Waals surface area contributed by atoms with Gasteiger partial charge in [0.05, 0.1) is 27.0 Å². The lowest BCUT2D eigenvalue weighted by molar-refractivity contribution is 0.0853. The van der Waals surface area contributed by atoms with E-state index < -0.39 is 21.5 Å². The van der Waals surface area contributed by atoms with E-state index in [-0.39, 0.29) is 32.6 Å². The van der Waals surface area contributed by atoms with Crippen LogP contribution in [0, 0.1) is 5.92 Å². The fourth-order valence-electron chi connectivity index (χ4n) is 6.00. The van der Waals surface area contributed by atoms with E-state index in [4.69, 9.17) is 4.74 Å². The Morgan fingerprint density at radius 2 is 1.74 bits per heavy atom. The molecule has 6 rings (SSSR count). The quantitative estimate of drug-likeness (QED) is 0.386. The summed E-state index contributed by atoms with van der Waals surface area (Å²) in [4.78, 5) is 28.7. The Morgan fingerprint density at radius 1 is 0.949 bits per heavy atom. The van der Waals surface area contributed by atoms with E-state index in [0.717, 1.165) is 50.9 Å². The lowest BCUT2D eigenvalue weighted by Gasteiger charge is -2.34. The van der Waals surface area contributed by atoms with Gasteiger partial charge in [0.15, 0.2) is 5.78 Å². The molecule has 3 aliphatic rings. The average Bonchev–Trinajstić information content (AvgIpc) is 3.49. The van der Waals surface area contributed by atoms with Gasteiger partial charge in [-0.25, -0.2) is 8.42 Å². The molecule has 1 unspecified atom stereocenters. The van der Waals surface area contributed by atoms with Gasteiger partial charge in [0, 0.05) is 37.5 Å². The molecule has 7 nitrogen and oxygen atoms in total. The van der Waals surface area contributed by atoms with E-state index in [2.05, 4.69) is 34.5 Å². The predicted molar refractivity (Wildman–Crippen MR) is 148 cm³/mol. The second-order valence-corrected chi connectivity index (χ2v) is 12.5. The molecule has 0 aliphatic carbocycles. The van der Waals surface area contributed by atoms with E-state index in [1.807, 2.05) is 12.1 Å². The van der Waals surface area contributed by atoms with Crippen molar-refractivity contribution in [3.63, 3.8) is 0 Å². The van der Waals surface area contributed by atoms with Crippen molar-refractivity contribution >= 4 is 27.2 Å². The molecular weight excluding hydrogens is 512 g/mol. The molecule has 3 heterocycles. The number of benzene rings is 3. The van der Waals surface area contributed by atoms with Gasteiger partial charge in [0.2, 0.25) is 9.84 Å². The Balaban J connectivity index is 1.22. The highest BCUT2D eigenvalue weighted by Gasteiger charge is 2.38. The molecule has 3 aliphatic heterocycles. The van der Waals surface area contributed by atoms with Crippen molar-refractivity contribution in [3.05, 3.63) is 89.0 Å². The molecule has 0 aromatic heterocycles. The van der Waals surface area contributed by atoms with Crippen LogP contribution in [0.2, 0.25) is 0 Å². The van der Waals surface area contributed by atoms with Gasteiger partial charge in [-0.2, -0.15) is 0 Å². The molecule has 2 saturated heterocycles. The molecule has 1 amide bonds. The SMILES string of the molecule is O=C(NCC1CCCO1)c1cccc2c1C(=O)c1ccc(N3CCC(Cc4ccccc4)CC3)cc1S2(=O)=O. The summed E-state index contributed by atoms with van der Waals surface area (Å²) in [6.07, 6.45) is 4.83. The van der Waals surface area contributed by atoms with E-state index in [1.54, 1.807) is 12.1 Å². The zero-order valence-corrected chi connectivity index (χ0v) is 22.6. The standard InChI is InChI=1S/C31H32N2O5S/c34-30-25-12-11-23(33-15-13-22(14-16-33)18-21-6-2-1-3-7-21)19-28(25)39(36,37)27-10-4-9-26(29(27)30)31(35)32-20-24-8-5-17-38-24/h1-4,6-7,9-12,19,22,24H,5,8,13-18,20H2,(H,32,35). The number of amides is 1. The first-order valence-electron chi connectivity index (χ1n) is 13.7. The van der Waals surface area contributed by atoms with Gasteiger partial charge in [0.25, 0.3) is 5.91 Å². The van der Waals surface area contributed by atoms with Crippen LogP contribution in [0.5, 0.6) is 0 Å². The predicted octanol–water partition coefficient (Wildman–Crippen LogP) is 4.43. The molecule has 0 spiro atoms. The number of nitrogens with one attached hydrogen (secondary N) is 1. The number of rotatable bonds is 6. The summed E-state index contributed by atoms with van der Waals surface area (Å²) in [7, 11) is -3.99. The first-order valence-corrected chi connectivity index (χ1v) is 15.2. The minimum absolute atomic E-state index is 0.0147. The summed E-state index contributed by atoms with van der Waals surface area (Å²) in [5.41, 5.74) is 2.29. The third-order valence-corrected chi connectivity index (χ3v) is 9.98. The van der Waals surface area contributed by atoms with Crippen molar-refractivity contribution in [2.45, 2.75) is 48.0 Å². The van der Waals surface area contributed by atoms with Gasteiger partial charge >= 0.3 is 0 Å². The third-order valence-electron chi connectivity index (χ3n) is 8.15. The number of carbonyl (C=O) groups is 2. The molecule has 202 valence electrons. The minimum Gasteiger partial charge on any atom is -0.376 e. The summed E-state index contributed by atoms with van der Waals surface area (Å²) >= 11 is 0. The molecule has 0 bridgehead atoms. The van der Waals surface area contributed by atoms with Crippen LogP contribution in [0.25, 0.3) is 0 Å². The van der Waals surface area contributed by atoms with Crippen LogP contribution < -0.4 is 10.2 Å². The number of ether oxygens (including phenoxy) is 1. The molecule has 1 atom stereocenters. The van der Waals surface area contributed by atoms with Crippen LogP contribution in [-0.2, 0) is 21.0 Å². The molecule has 1 N–H and O–H groups in total. The number of hydrogen-bond donors (Lipinski definition) is 1. The third kappa shape index (κ3) is 4.99. The molecule has 0 saturated carbocycles. The van der Waals surface area contributed by atoms with Gasteiger partial charge in [-0.05, 0) is 73.9 Å². The highest BCUT2D eigenvalue weighted by Crippen LogP contribution is 2.38. The second-order valence-electron chi connectivity index (χ2n) is 10.7. The van der Waals surface area contributed by atoms with E-state index in [9.17, 15) is 18.0 Å². The highest BCUT2D eigenvalue weighted by atomic mass is 32.2. The highest BCUT2D eigenvalue weighted by molar-refractivity contribution is 7.91. The minimum atomic E-state index is -3.99. The summed E-state index contributed by atoms with van der Waals surface area (Å²) in [5, 5.41) is 2.82. The molecule has 0 radical (unpaired) electrons. The van der Waals surface area contributed by atoms with Crippen LogP contribution in [0.1, 0.15) is 57.5 Å². The smallest absolute Gasteiger partial charge is 0.252 e. The maximum absolute atomic E-state index is 13.8. The zero-order valence-electron chi connectivity index (χ0n) is 21.8. The normalized spacial score (nSPS) is 20.4. The van der Waals surface area contributed by atoms with Gasteiger partial charge in [-0.3, -0.25) is 9.59 Å². The Bertz CT molecular complexity index is 1510. The number of anilines is 1. The number of fused-ring (bicyclic) bond motifs is 2. The average molecular weight is 545 g/mol. The van der Waals surface area contributed by atoms with Crippen molar-refractivity contribution in [2.24, 2.45) is 5.92 Å². The molecule has 8 heteroatoms. The number of nitrogens with zero attached hydrogens (tertiary/aromatic N) is 1. The van der Waals surface area contributed by atoms with Gasteiger partial charge in [0.1, 0.15) is 0 Å². The summed E-state index contributed by atoms with van der Waals surface area (Å²) in [5.74, 6) is -0.321. The van der Waals surface area contributed by atoms with Crippen LogP contribution in [0.15, 0.2) is 76.5 Å². The van der Waals surface area contributed by atoms with Crippen LogP contribution in [0.4, 0.5) is 5.69 Å². The van der Waals surface area contributed by atoms with Crippen molar-refractivity contribution in [3.8, 4) is 0 Å². The fraction of sp³-hybridized carbons (Fsp3) is 0.355. The maximum Gasteiger partial charge on any atom is 0.252 e. The largest absolute Gasteiger partial charge is 0.376 e. The molecule has 3 aromatic carbocycles. The first kappa shape index (κ1) is 25.8. The van der Waals surface area contributed by atoms with Crippen LogP contribution in [0.3, 0.4) is 0 Å². The van der Waals surface area contributed by atoms with Crippen molar-refractivity contribution in [1.82, 2.24) is 5.32 Å². The fourth-order valence-corrected chi connectivity index (χ4v) is 7.69. The molecule has 3 aromatic rings. The van der Waals surface area contributed by atoms with Crippen molar-refractivity contribution in [2.75, 3.05) is 31.1 Å². The second kappa shape index (κ2) is 10.6. The van der Waals surface area contributed by atoms with Gasteiger partial charge in [-0.15, -0.1) is 0 Å². The number of piperidine rings is 1. The van der Waals surface area contributed by atoms with Crippen molar-refractivity contribution in [1.29, 1.82) is 0 Å². The van der Waals surface area contributed by atoms with Crippen LogP contribution >= 0.6 is 0 Å². The number of carbonyl (C=O) groups excluding carboxylic acids is 2. The van der Waals surface area contributed by atoms with Crippen molar-refractivity contribution < 1.29 is 22.7 Å². The van der Waals surface area contributed by atoms with E-state index in [0.29, 0.717) is 19.1 Å². The topological polar surface area (TPSA) is 92.8 Å².